The maximum absolute atomic E-state index is 12.0. The van der Waals surface area contributed by atoms with Crippen LogP contribution >= 0.6 is 0 Å². The van der Waals surface area contributed by atoms with Gasteiger partial charge in [0, 0.05) is 19.1 Å². The van der Waals surface area contributed by atoms with Gasteiger partial charge in [0.1, 0.15) is 5.75 Å². The van der Waals surface area contributed by atoms with Crippen LogP contribution in [-0.2, 0) is 0 Å². The number of carbonyl (C=O) groups excluding carboxylic acids is 1. The largest absolute Gasteiger partial charge is 0.495 e. The number of rotatable bonds is 5. The Morgan fingerprint density at radius 2 is 2.14 bits per heavy atom. The number of amides is 2. The van der Waals surface area contributed by atoms with E-state index >= 15 is 0 Å². The molecule has 5 heteroatoms. The summed E-state index contributed by atoms with van der Waals surface area (Å²) in [6.45, 7) is 3.05. The molecule has 1 atom stereocenters. The van der Waals surface area contributed by atoms with Crippen molar-refractivity contribution in [2.45, 2.75) is 25.3 Å². The lowest BCUT2D eigenvalue weighted by Gasteiger charge is -2.15. The van der Waals surface area contributed by atoms with E-state index in [1.54, 1.807) is 7.11 Å². The number of hydrogen-bond acceptors (Lipinski definition) is 3. The van der Waals surface area contributed by atoms with Crippen LogP contribution in [0.2, 0.25) is 0 Å². The lowest BCUT2D eigenvalue weighted by molar-refractivity contribution is 0.249. The van der Waals surface area contributed by atoms with Gasteiger partial charge in [0.25, 0.3) is 0 Å². The van der Waals surface area contributed by atoms with Crippen molar-refractivity contribution in [1.29, 1.82) is 0 Å². The summed E-state index contributed by atoms with van der Waals surface area (Å²) in [6.07, 6.45) is 3.90. The Kier molecular flexibility index (Phi) is 4.29. The highest BCUT2D eigenvalue weighted by Crippen LogP contribution is 2.31. The molecule has 1 aromatic rings. The molecule has 1 saturated heterocycles. The third-order valence-electron chi connectivity index (χ3n) is 4.29. The Hall–Kier alpha value is -1.75. The van der Waals surface area contributed by atoms with Crippen LogP contribution in [0, 0.1) is 5.92 Å². The number of anilines is 1. The molecule has 2 fully saturated rings. The number of nitrogens with zero attached hydrogens (tertiary/aromatic N) is 1. The lowest BCUT2D eigenvalue weighted by Crippen LogP contribution is -2.34. The van der Waals surface area contributed by atoms with E-state index < -0.39 is 0 Å². The van der Waals surface area contributed by atoms with Gasteiger partial charge >= 0.3 is 6.03 Å². The van der Waals surface area contributed by atoms with Gasteiger partial charge in [-0.2, -0.15) is 0 Å². The molecule has 2 aliphatic rings. The Bertz CT molecular complexity index is 502. The minimum Gasteiger partial charge on any atom is -0.495 e. The van der Waals surface area contributed by atoms with E-state index in [4.69, 9.17) is 4.74 Å². The molecule has 1 aliphatic heterocycles. The van der Waals surface area contributed by atoms with Crippen molar-refractivity contribution in [2.75, 3.05) is 32.1 Å². The lowest BCUT2D eigenvalue weighted by atomic mass is 10.1. The summed E-state index contributed by atoms with van der Waals surface area (Å²) >= 11 is 0. The quantitative estimate of drug-likeness (QED) is 0.874. The van der Waals surface area contributed by atoms with Gasteiger partial charge in [-0.1, -0.05) is 12.1 Å². The molecule has 0 radical (unpaired) electrons. The molecule has 1 unspecified atom stereocenters. The van der Waals surface area contributed by atoms with E-state index in [0.29, 0.717) is 17.4 Å². The van der Waals surface area contributed by atoms with Crippen molar-refractivity contribution in [3.8, 4) is 5.75 Å². The molecule has 114 valence electrons. The summed E-state index contributed by atoms with van der Waals surface area (Å²) in [7, 11) is 1.60. The van der Waals surface area contributed by atoms with Crippen molar-refractivity contribution in [3.05, 3.63) is 24.3 Å². The Labute approximate surface area is 125 Å². The smallest absolute Gasteiger partial charge is 0.319 e. The number of likely N-dealkylation sites (tertiary alicyclic amines) is 1. The van der Waals surface area contributed by atoms with Crippen LogP contribution in [0.15, 0.2) is 24.3 Å². The van der Waals surface area contributed by atoms with E-state index in [0.717, 1.165) is 19.1 Å². The van der Waals surface area contributed by atoms with Crippen molar-refractivity contribution in [3.63, 3.8) is 0 Å². The molecule has 1 aromatic carbocycles. The average molecular weight is 289 g/mol. The van der Waals surface area contributed by atoms with Crippen LogP contribution in [0.3, 0.4) is 0 Å². The summed E-state index contributed by atoms with van der Waals surface area (Å²) in [4.78, 5) is 14.5. The van der Waals surface area contributed by atoms with Gasteiger partial charge < -0.3 is 20.3 Å². The number of carbonyl (C=O) groups is 1. The zero-order chi connectivity index (χ0) is 14.7. The molecular weight excluding hydrogens is 266 g/mol. The summed E-state index contributed by atoms with van der Waals surface area (Å²) < 4.78 is 5.22. The van der Waals surface area contributed by atoms with Crippen LogP contribution in [0.1, 0.15) is 19.3 Å². The number of benzene rings is 1. The fraction of sp³-hybridized carbons (Fsp3) is 0.562. The van der Waals surface area contributed by atoms with Gasteiger partial charge in [-0.25, -0.2) is 4.79 Å². The first kappa shape index (κ1) is 14.2. The molecule has 1 heterocycles. The predicted octanol–water partition coefficient (Wildman–Crippen LogP) is 2.30. The summed E-state index contributed by atoms with van der Waals surface area (Å²) in [5.74, 6) is 1.25. The highest BCUT2D eigenvalue weighted by Gasteiger charge is 2.34. The van der Waals surface area contributed by atoms with Crippen molar-refractivity contribution in [1.82, 2.24) is 10.2 Å². The van der Waals surface area contributed by atoms with E-state index in [-0.39, 0.29) is 6.03 Å². The van der Waals surface area contributed by atoms with E-state index in [1.165, 1.54) is 25.8 Å². The zero-order valence-corrected chi connectivity index (χ0v) is 12.5. The molecule has 0 bridgehead atoms. The molecule has 0 aromatic heterocycles. The van der Waals surface area contributed by atoms with E-state index in [9.17, 15) is 4.79 Å². The standard InChI is InChI=1S/C16H23N3O2/c1-21-15-5-3-2-4-14(15)18-16(20)17-10-12-8-9-19(11-12)13-6-7-13/h2-5,12-13H,6-11H2,1H3,(H2,17,18,20). The number of methoxy groups -OCH3 is 1. The summed E-state index contributed by atoms with van der Waals surface area (Å²) in [6, 6.07) is 8.10. The first-order valence-electron chi connectivity index (χ1n) is 7.68. The molecule has 0 spiro atoms. The van der Waals surface area contributed by atoms with Crippen LogP contribution in [0.4, 0.5) is 10.5 Å². The molecule has 2 amide bonds. The number of ether oxygens (including phenoxy) is 1. The second-order valence-corrected chi connectivity index (χ2v) is 5.92. The normalized spacial score (nSPS) is 22.0. The van der Waals surface area contributed by atoms with Gasteiger partial charge in [0.15, 0.2) is 0 Å². The molecular formula is C16H23N3O2. The Morgan fingerprint density at radius 3 is 2.90 bits per heavy atom. The Balaban J connectivity index is 1.44. The molecule has 1 aliphatic carbocycles. The molecule has 21 heavy (non-hydrogen) atoms. The van der Waals surface area contributed by atoms with Gasteiger partial charge in [-0.05, 0) is 43.9 Å². The number of urea groups is 1. The fourth-order valence-electron chi connectivity index (χ4n) is 2.95. The van der Waals surface area contributed by atoms with Crippen molar-refractivity contribution in [2.24, 2.45) is 5.92 Å². The molecule has 2 N–H and O–H groups in total. The fourth-order valence-corrected chi connectivity index (χ4v) is 2.95. The van der Waals surface area contributed by atoms with Crippen molar-refractivity contribution >= 4 is 11.7 Å². The first-order valence-corrected chi connectivity index (χ1v) is 7.68. The monoisotopic (exact) mass is 289 g/mol. The SMILES string of the molecule is COc1ccccc1NC(=O)NCC1CCN(C2CC2)C1. The van der Waals surface area contributed by atoms with Gasteiger partial charge in [-0.3, -0.25) is 0 Å². The van der Waals surface area contributed by atoms with Crippen molar-refractivity contribution < 1.29 is 9.53 Å². The third kappa shape index (κ3) is 3.67. The second-order valence-electron chi connectivity index (χ2n) is 5.92. The predicted molar refractivity (Wildman–Crippen MR) is 82.7 cm³/mol. The van der Waals surface area contributed by atoms with Crippen LogP contribution in [0.25, 0.3) is 0 Å². The maximum atomic E-state index is 12.0. The minimum absolute atomic E-state index is 0.163. The zero-order valence-electron chi connectivity index (χ0n) is 12.5. The van der Waals surface area contributed by atoms with Crippen LogP contribution in [-0.4, -0.2) is 43.7 Å². The first-order chi connectivity index (χ1) is 10.3. The number of nitrogens with one attached hydrogen (secondary N) is 2. The number of para-hydroxylation sites is 2. The highest BCUT2D eigenvalue weighted by atomic mass is 16.5. The molecule has 1 saturated carbocycles. The second kappa shape index (κ2) is 6.35. The number of hydrogen-bond donors (Lipinski definition) is 2. The van der Waals surface area contributed by atoms with E-state index in [1.807, 2.05) is 24.3 Å². The summed E-state index contributed by atoms with van der Waals surface area (Å²) in [5.41, 5.74) is 0.698. The van der Waals surface area contributed by atoms with Gasteiger partial charge in [0.2, 0.25) is 0 Å². The molecule has 5 nitrogen and oxygen atoms in total. The highest BCUT2D eigenvalue weighted by molar-refractivity contribution is 5.90. The Morgan fingerprint density at radius 1 is 1.33 bits per heavy atom. The maximum Gasteiger partial charge on any atom is 0.319 e. The van der Waals surface area contributed by atoms with E-state index in [2.05, 4.69) is 15.5 Å². The minimum atomic E-state index is -0.163. The third-order valence-corrected chi connectivity index (χ3v) is 4.29. The van der Waals surface area contributed by atoms with Crippen LogP contribution < -0.4 is 15.4 Å². The van der Waals surface area contributed by atoms with Crippen LogP contribution in [0.5, 0.6) is 5.75 Å². The van der Waals surface area contributed by atoms with Gasteiger partial charge in [0.05, 0.1) is 12.8 Å². The topological polar surface area (TPSA) is 53.6 Å². The van der Waals surface area contributed by atoms with Gasteiger partial charge in [-0.15, -0.1) is 0 Å². The average Bonchev–Trinajstić information content (AvgIpc) is 3.25. The molecule has 3 rings (SSSR count). The summed E-state index contributed by atoms with van der Waals surface area (Å²) in [5, 5.41) is 5.82.